The Bertz CT molecular complexity index is 674. The predicted octanol–water partition coefficient (Wildman–Crippen LogP) is -0.224. The van der Waals surface area contributed by atoms with Crippen LogP contribution in [0.25, 0.3) is 0 Å². The lowest BCUT2D eigenvalue weighted by atomic mass is 10.1. The standard InChI is InChI=1S/C15H24N4O4S2/c1-18-13(15(20)16-4-5-19-6-8-23-9-7-19)11-12(17-25(18,21)22)14-3-2-10-24-14/h2-3,10,12-13,17H,4-9,11H2,1H3,(H,16,20). The highest BCUT2D eigenvalue weighted by molar-refractivity contribution is 7.87. The Hall–Kier alpha value is -1.04. The lowest BCUT2D eigenvalue weighted by molar-refractivity contribution is -0.125. The Labute approximate surface area is 152 Å². The Morgan fingerprint density at radius 2 is 2.20 bits per heavy atom. The normalized spacial score (nSPS) is 27.9. The van der Waals surface area contributed by atoms with Crippen LogP contribution >= 0.6 is 11.3 Å². The molecule has 2 N–H and O–H groups in total. The van der Waals surface area contributed by atoms with Gasteiger partial charge in [0.05, 0.1) is 19.3 Å². The van der Waals surface area contributed by atoms with Crippen LogP contribution in [0.15, 0.2) is 17.5 Å². The quantitative estimate of drug-likeness (QED) is 0.728. The Balaban J connectivity index is 1.59. The molecule has 10 heteroatoms. The van der Waals surface area contributed by atoms with Crippen LogP contribution in [-0.4, -0.2) is 76.0 Å². The van der Waals surface area contributed by atoms with Crippen molar-refractivity contribution in [3.63, 3.8) is 0 Å². The van der Waals surface area contributed by atoms with E-state index >= 15 is 0 Å². The maximum atomic E-state index is 12.6. The molecule has 1 amide bonds. The summed E-state index contributed by atoms with van der Waals surface area (Å²) in [4.78, 5) is 15.7. The van der Waals surface area contributed by atoms with E-state index in [1.807, 2.05) is 17.5 Å². The van der Waals surface area contributed by atoms with E-state index < -0.39 is 16.3 Å². The van der Waals surface area contributed by atoms with E-state index in [2.05, 4.69) is 14.9 Å². The lowest BCUT2D eigenvalue weighted by Gasteiger charge is -2.36. The first-order chi connectivity index (χ1) is 12.0. The average Bonchev–Trinajstić information content (AvgIpc) is 3.12. The topological polar surface area (TPSA) is 91.0 Å². The smallest absolute Gasteiger partial charge is 0.280 e. The number of carbonyl (C=O) groups is 1. The summed E-state index contributed by atoms with van der Waals surface area (Å²) in [6, 6.07) is 2.69. The second-order valence-electron chi connectivity index (χ2n) is 6.20. The van der Waals surface area contributed by atoms with Gasteiger partial charge in [-0.2, -0.15) is 17.4 Å². The van der Waals surface area contributed by atoms with Gasteiger partial charge >= 0.3 is 0 Å². The van der Waals surface area contributed by atoms with Gasteiger partial charge in [-0.15, -0.1) is 11.3 Å². The van der Waals surface area contributed by atoms with Crippen LogP contribution in [0.1, 0.15) is 17.3 Å². The molecule has 2 atom stereocenters. The molecule has 1 aromatic heterocycles. The minimum atomic E-state index is -3.67. The number of hydrogen-bond donors (Lipinski definition) is 2. The highest BCUT2D eigenvalue weighted by Gasteiger charge is 2.40. The number of carbonyl (C=O) groups excluding carboxylic acids is 1. The van der Waals surface area contributed by atoms with Gasteiger partial charge in [0.1, 0.15) is 6.04 Å². The van der Waals surface area contributed by atoms with Gasteiger partial charge < -0.3 is 10.1 Å². The largest absolute Gasteiger partial charge is 0.379 e. The van der Waals surface area contributed by atoms with E-state index in [-0.39, 0.29) is 11.9 Å². The molecule has 0 bridgehead atoms. The minimum absolute atomic E-state index is 0.248. The number of ether oxygens (including phenoxy) is 1. The van der Waals surface area contributed by atoms with Crippen LogP contribution in [0, 0.1) is 0 Å². The molecule has 2 unspecified atom stereocenters. The summed E-state index contributed by atoms with van der Waals surface area (Å²) in [6.07, 6.45) is 0.416. The van der Waals surface area contributed by atoms with Crippen molar-refractivity contribution >= 4 is 27.5 Å². The van der Waals surface area contributed by atoms with Gasteiger partial charge in [-0.3, -0.25) is 9.69 Å². The van der Waals surface area contributed by atoms with Crippen molar-refractivity contribution in [2.24, 2.45) is 0 Å². The molecule has 2 fully saturated rings. The van der Waals surface area contributed by atoms with Crippen molar-refractivity contribution in [2.45, 2.75) is 18.5 Å². The molecule has 3 rings (SSSR count). The van der Waals surface area contributed by atoms with Gasteiger partial charge in [0.15, 0.2) is 0 Å². The molecule has 0 radical (unpaired) electrons. The fourth-order valence-corrected chi connectivity index (χ4v) is 5.20. The van der Waals surface area contributed by atoms with E-state index in [0.29, 0.717) is 26.2 Å². The number of nitrogens with one attached hydrogen (secondary N) is 2. The first-order valence-electron chi connectivity index (χ1n) is 8.34. The first kappa shape index (κ1) is 18.7. The van der Waals surface area contributed by atoms with Crippen molar-refractivity contribution in [3.8, 4) is 0 Å². The maximum Gasteiger partial charge on any atom is 0.280 e. The van der Waals surface area contributed by atoms with Gasteiger partial charge in [0.2, 0.25) is 5.91 Å². The highest BCUT2D eigenvalue weighted by Crippen LogP contribution is 2.30. The van der Waals surface area contributed by atoms with Crippen molar-refractivity contribution in [1.29, 1.82) is 0 Å². The lowest BCUT2D eigenvalue weighted by Crippen LogP contribution is -2.57. The second-order valence-corrected chi connectivity index (χ2v) is 8.94. The summed E-state index contributed by atoms with van der Waals surface area (Å²) in [5.41, 5.74) is 0. The zero-order valence-electron chi connectivity index (χ0n) is 14.2. The molecule has 0 aliphatic carbocycles. The molecule has 0 saturated carbocycles. The summed E-state index contributed by atoms with van der Waals surface area (Å²) in [6.45, 7) is 4.39. The van der Waals surface area contributed by atoms with Crippen molar-refractivity contribution in [2.75, 3.05) is 46.4 Å². The number of thiophene rings is 1. The first-order valence-corrected chi connectivity index (χ1v) is 10.7. The Morgan fingerprint density at radius 1 is 1.44 bits per heavy atom. The van der Waals surface area contributed by atoms with Crippen LogP contribution in [0.5, 0.6) is 0 Å². The van der Waals surface area contributed by atoms with Crippen LogP contribution in [-0.2, 0) is 19.7 Å². The van der Waals surface area contributed by atoms with Crippen LogP contribution < -0.4 is 10.0 Å². The molecule has 1 aromatic rings. The third-order valence-electron chi connectivity index (χ3n) is 4.59. The van der Waals surface area contributed by atoms with E-state index in [4.69, 9.17) is 4.74 Å². The number of rotatable bonds is 5. The van der Waals surface area contributed by atoms with Gasteiger partial charge in [-0.1, -0.05) is 6.07 Å². The summed E-state index contributed by atoms with van der Waals surface area (Å²) in [7, 11) is -2.23. The number of morpholine rings is 1. The summed E-state index contributed by atoms with van der Waals surface area (Å²) < 4.78 is 33.7. The summed E-state index contributed by atoms with van der Waals surface area (Å²) in [5.74, 6) is -0.248. The molecule has 3 heterocycles. The molecular formula is C15H24N4O4S2. The predicted molar refractivity (Wildman–Crippen MR) is 95.6 cm³/mol. The zero-order valence-corrected chi connectivity index (χ0v) is 15.8. The second kappa shape index (κ2) is 8.11. The van der Waals surface area contributed by atoms with Crippen molar-refractivity contribution in [1.82, 2.24) is 19.2 Å². The third kappa shape index (κ3) is 4.57. The number of likely N-dealkylation sites (N-methyl/N-ethyl adjacent to an activating group) is 1. The Morgan fingerprint density at radius 3 is 2.88 bits per heavy atom. The van der Waals surface area contributed by atoms with Crippen molar-refractivity contribution in [3.05, 3.63) is 22.4 Å². The van der Waals surface area contributed by atoms with Crippen LogP contribution in [0.2, 0.25) is 0 Å². The molecule has 2 aliphatic heterocycles. The van der Waals surface area contributed by atoms with Gasteiger partial charge in [-0.05, 0) is 17.9 Å². The van der Waals surface area contributed by atoms with Crippen LogP contribution in [0.4, 0.5) is 0 Å². The van der Waals surface area contributed by atoms with E-state index in [9.17, 15) is 13.2 Å². The fraction of sp³-hybridized carbons (Fsp3) is 0.667. The van der Waals surface area contributed by atoms with Gasteiger partial charge in [0, 0.05) is 38.1 Å². The molecule has 2 saturated heterocycles. The molecule has 0 spiro atoms. The van der Waals surface area contributed by atoms with Crippen LogP contribution in [0.3, 0.4) is 0 Å². The number of hydrogen-bond acceptors (Lipinski definition) is 6. The molecule has 140 valence electrons. The Kier molecular flexibility index (Phi) is 6.08. The van der Waals surface area contributed by atoms with Gasteiger partial charge in [-0.25, -0.2) is 0 Å². The molecular weight excluding hydrogens is 364 g/mol. The summed E-state index contributed by atoms with van der Waals surface area (Å²) >= 11 is 1.49. The van der Waals surface area contributed by atoms with Gasteiger partial charge in [0.25, 0.3) is 10.2 Å². The monoisotopic (exact) mass is 388 g/mol. The fourth-order valence-electron chi connectivity index (χ4n) is 3.07. The summed E-state index contributed by atoms with van der Waals surface area (Å²) in [5, 5.41) is 4.78. The molecule has 2 aliphatic rings. The number of amides is 1. The minimum Gasteiger partial charge on any atom is -0.379 e. The molecule has 0 aromatic carbocycles. The van der Waals surface area contributed by atoms with E-state index in [1.54, 1.807) is 0 Å². The third-order valence-corrected chi connectivity index (χ3v) is 7.17. The average molecular weight is 389 g/mol. The zero-order chi connectivity index (χ0) is 17.9. The SMILES string of the molecule is CN1C(C(=O)NCCN2CCOCC2)CC(c2cccs2)NS1(=O)=O. The number of nitrogens with zero attached hydrogens (tertiary/aromatic N) is 2. The highest BCUT2D eigenvalue weighted by atomic mass is 32.2. The maximum absolute atomic E-state index is 12.6. The van der Waals surface area contributed by atoms with E-state index in [0.717, 1.165) is 28.8 Å². The van der Waals surface area contributed by atoms with E-state index in [1.165, 1.54) is 18.4 Å². The van der Waals surface area contributed by atoms with Crippen molar-refractivity contribution < 1.29 is 17.9 Å². The molecule has 25 heavy (non-hydrogen) atoms. The molecule has 8 nitrogen and oxygen atoms in total.